The maximum Gasteiger partial charge on any atom is 0.174 e. The Bertz CT molecular complexity index is 902. The molecule has 0 aliphatic carbocycles. The highest BCUT2D eigenvalue weighted by atomic mass is 79.9. The zero-order chi connectivity index (χ0) is 19.1. The second kappa shape index (κ2) is 9.53. The van der Waals surface area contributed by atoms with E-state index in [9.17, 15) is 0 Å². The van der Waals surface area contributed by atoms with E-state index >= 15 is 0 Å². The second-order valence-corrected chi connectivity index (χ2v) is 7.44. The lowest BCUT2D eigenvalue weighted by molar-refractivity contribution is 0.412. The topological polar surface area (TPSA) is 24.5 Å². The zero-order valence-corrected chi connectivity index (χ0v) is 17.5. The van der Waals surface area contributed by atoms with Gasteiger partial charge in [0, 0.05) is 29.3 Å². The van der Waals surface area contributed by atoms with E-state index in [1.165, 1.54) is 11.1 Å². The average Bonchev–Trinajstić information content (AvgIpc) is 2.68. The maximum atomic E-state index is 5.73. The predicted molar refractivity (Wildman–Crippen MR) is 119 cm³/mol. The number of hydrogen-bond donors (Lipinski definition) is 1. The van der Waals surface area contributed by atoms with Crippen LogP contribution in [0.1, 0.15) is 11.1 Å². The van der Waals surface area contributed by atoms with Crippen LogP contribution in [0.25, 0.3) is 0 Å². The van der Waals surface area contributed by atoms with Crippen LogP contribution in [-0.2, 0) is 13.1 Å². The van der Waals surface area contributed by atoms with Crippen molar-refractivity contribution in [3.63, 3.8) is 0 Å². The number of anilines is 1. The van der Waals surface area contributed by atoms with Gasteiger partial charge in [-0.3, -0.25) is 0 Å². The second-order valence-electron chi connectivity index (χ2n) is 6.13. The van der Waals surface area contributed by atoms with Gasteiger partial charge in [-0.05, 0) is 47.6 Å². The van der Waals surface area contributed by atoms with E-state index in [2.05, 4.69) is 50.4 Å². The quantitative estimate of drug-likeness (QED) is 0.485. The van der Waals surface area contributed by atoms with Crippen molar-refractivity contribution < 1.29 is 4.74 Å². The molecule has 0 atom stereocenters. The van der Waals surface area contributed by atoms with E-state index in [4.69, 9.17) is 17.0 Å². The predicted octanol–water partition coefficient (Wildman–Crippen LogP) is 5.86. The summed E-state index contributed by atoms with van der Waals surface area (Å²) in [5, 5.41) is 4.01. The van der Waals surface area contributed by atoms with Crippen molar-refractivity contribution in [2.24, 2.45) is 0 Å². The Morgan fingerprint density at radius 2 is 1.63 bits per heavy atom. The molecule has 0 aromatic heterocycles. The molecule has 0 spiro atoms. The summed E-state index contributed by atoms with van der Waals surface area (Å²) in [5.41, 5.74) is 3.31. The molecule has 0 saturated heterocycles. The summed E-state index contributed by atoms with van der Waals surface area (Å²) in [6.45, 7) is 1.44. The van der Waals surface area contributed by atoms with Crippen molar-refractivity contribution in [1.29, 1.82) is 0 Å². The first-order chi connectivity index (χ1) is 13.1. The Morgan fingerprint density at radius 3 is 2.37 bits per heavy atom. The molecule has 0 unspecified atom stereocenters. The number of methoxy groups -OCH3 is 1. The largest absolute Gasteiger partial charge is 0.497 e. The molecule has 0 amide bonds. The Kier molecular flexibility index (Phi) is 6.85. The first kappa shape index (κ1) is 19.4. The number of nitrogens with zero attached hydrogens (tertiary/aromatic N) is 1. The molecular weight excluding hydrogens is 420 g/mol. The van der Waals surface area contributed by atoms with Crippen molar-refractivity contribution in [2.75, 3.05) is 12.4 Å². The van der Waals surface area contributed by atoms with Crippen molar-refractivity contribution in [2.45, 2.75) is 13.1 Å². The average molecular weight is 441 g/mol. The first-order valence-corrected chi connectivity index (χ1v) is 9.82. The van der Waals surface area contributed by atoms with Crippen LogP contribution in [0.2, 0.25) is 0 Å². The molecule has 3 aromatic carbocycles. The molecule has 0 saturated carbocycles. The fourth-order valence-corrected chi connectivity index (χ4v) is 3.46. The Balaban J connectivity index is 1.80. The van der Waals surface area contributed by atoms with Gasteiger partial charge < -0.3 is 15.0 Å². The summed E-state index contributed by atoms with van der Waals surface area (Å²) in [4.78, 5) is 2.16. The summed E-state index contributed by atoms with van der Waals surface area (Å²) in [6.07, 6.45) is 0. The number of hydrogen-bond acceptors (Lipinski definition) is 2. The Morgan fingerprint density at radius 1 is 0.926 bits per heavy atom. The molecule has 5 heteroatoms. The number of benzene rings is 3. The van der Waals surface area contributed by atoms with Gasteiger partial charge in [0.2, 0.25) is 0 Å². The van der Waals surface area contributed by atoms with Crippen LogP contribution < -0.4 is 10.1 Å². The van der Waals surface area contributed by atoms with Crippen LogP contribution in [-0.4, -0.2) is 17.1 Å². The molecule has 0 fully saturated rings. The van der Waals surface area contributed by atoms with Gasteiger partial charge in [-0.25, -0.2) is 0 Å². The third-order valence-electron chi connectivity index (χ3n) is 4.09. The molecule has 1 N–H and O–H groups in total. The first-order valence-electron chi connectivity index (χ1n) is 8.62. The lowest BCUT2D eigenvalue weighted by Gasteiger charge is -2.26. The zero-order valence-electron chi connectivity index (χ0n) is 15.1. The minimum Gasteiger partial charge on any atom is -0.497 e. The van der Waals surface area contributed by atoms with E-state index in [1.807, 2.05) is 54.6 Å². The van der Waals surface area contributed by atoms with E-state index in [0.717, 1.165) is 22.5 Å². The van der Waals surface area contributed by atoms with Crippen LogP contribution in [0.15, 0.2) is 83.3 Å². The highest BCUT2D eigenvalue weighted by Crippen LogP contribution is 2.19. The van der Waals surface area contributed by atoms with Crippen LogP contribution in [0.3, 0.4) is 0 Å². The SMILES string of the molecule is COc1cccc(NC(=S)N(Cc2ccccc2)Cc2cccc(Br)c2)c1. The Hall–Kier alpha value is -2.37. The molecule has 3 rings (SSSR count). The van der Waals surface area contributed by atoms with Crippen molar-refractivity contribution in [3.05, 3.63) is 94.5 Å². The van der Waals surface area contributed by atoms with E-state index in [1.54, 1.807) is 7.11 Å². The lowest BCUT2D eigenvalue weighted by atomic mass is 10.2. The molecule has 3 aromatic rings. The highest BCUT2D eigenvalue weighted by Gasteiger charge is 2.12. The van der Waals surface area contributed by atoms with E-state index in [-0.39, 0.29) is 0 Å². The molecule has 0 heterocycles. The highest BCUT2D eigenvalue weighted by molar-refractivity contribution is 9.10. The van der Waals surface area contributed by atoms with E-state index in [0.29, 0.717) is 11.7 Å². The van der Waals surface area contributed by atoms with Gasteiger partial charge in [0.1, 0.15) is 5.75 Å². The number of nitrogens with one attached hydrogen (secondary N) is 1. The summed E-state index contributed by atoms with van der Waals surface area (Å²) < 4.78 is 6.36. The molecule has 3 nitrogen and oxygen atoms in total. The van der Waals surface area contributed by atoms with Crippen LogP contribution in [0, 0.1) is 0 Å². The minimum atomic E-state index is 0.673. The van der Waals surface area contributed by atoms with Gasteiger partial charge in [0.05, 0.1) is 7.11 Å². The molecule has 0 aliphatic heterocycles. The fourth-order valence-electron chi connectivity index (χ4n) is 2.76. The monoisotopic (exact) mass is 440 g/mol. The molecule has 0 aliphatic rings. The third kappa shape index (κ3) is 5.81. The van der Waals surface area contributed by atoms with Crippen molar-refractivity contribution in [3.8, 4) is 5.75 Å². The van der Waals surface area contributed by atoms with E-state index < -0.39 is 0 Å². The van der Waals surface area contributed by atoms with Gasteiger partial charge in [0.15, 0.2) is 5.11 Å². The van der Waals surface area contributed by atoms with Crippen LogP contribution in [0.5, 0.6) is 5.75 Å². The number of halogens is 1. The molecule has 0 radical (unpaired) electrons. The molecule has 27 heavy (non-hydrogen) atoms. The summed E-state index contributed by atoms with van der Waals surface area (Å²) in [6, 6.07) is 26.4. The van der Waals surface area contributed by atoms with Gasteiger partial charge in [-0.2, -0.15) is 0 Å². The molecule has 0 bridgehead atoms. The lowest BCUT2D eigenvalue weighted by Crippen LogP contribution is -2.33. The number of rotatable bonds is 6. The third-order valence-corrected chi connectivity index (χ3v) is 4.94. The van der Waals surface area contributed by atoms with Crippen LogP contribution in [0.4, 0.5) is 5.69 Å². The van der Waals surface area contributed by atoms with Crippen LogP contribution >= 0.6 is 28.1 Å². The Labute approximate surface area is 174 Å². The molecular formula is C22H21BrN2OS. The van der Waals surface area contributed by atoms with Gasteiger partial charge >= 0.3 is 0 Å². The number of thiocarbonyl (C=S) groups is 1. The normalized spacial score (nSPS) is 10.3. The standard InChI is InChI=1S/C22H21BrN2OS/c1-26-21-12-6-11-20(14-21)24-22(27)25(15-17-7-3-2-4-8-17)16-18-9-5-10-19(23)13-18/h2-14H,15-16H2,1H3,(H,24,27). The van der Waals surface area contributed by atoms with Gasteiger partial charge in [0.25, 0.3) is 0 Å². The van der Waals surface area contributed by atoms with Crippen molar-refractivity contribution >= 4 is 38.9 Å². The van der Waals surface area contributed by atoms with Gasteiger partial charge in [-0.15, -0.1) is 0 Å². The maximum absolute atomic E-state index is 5.73. The smallest absolute Gasteiger partial charge is 0.174 e. The molecule has 138 valence electrons. The summed E-state index contributed by atoms with van der Waals surface area (Å²) >= 11 is 9.28. The van der Waals surface area contributed by atoms with Gasteiger partial charge in [-0.1, -0.05) is 64.5 Å². The minimum absolute atomic E-state index is 0.673. The van der Waals surface area contributed by atoms with Crippen molar-refractivity contribution in [1.82, 2.24) is 4.90 Å². The fraction of sp³-hybridized carbons (Fsp3) is 0.136. The summed E-state index contributed by atoms with van der Waals surface area (Å²) in [7, 11) is 1.66. The summed E-state index contributed by atoms with van der Waals surface area (Å²) in [5.74, 6) is 0.796. The number of ether oxygens (including phenoxy) is 1.